The van der Waals surface area contributed by atoms with Crippen LogP contribution in [0.5, 0.6) is 0 Å². The maximum absolute atomic E-state index is 15.4. The molecule has 162 valence electrons. The Labute approximate surface area is 191 Å². The van der Waals surface area contributed by atoms with Crippen LogP contribution in [0.15, 0.2) is 91.5 Å². The van der Waals surface area contributed by atoms with Crippen molar-refractivity contribution in [2.45, 2.75) is 45.4 Å². The third-order valence-corrected chi connectivity index (χ3v) is 6.21. The quantitative estimate of drug-likeness (QED) is 0.186. The second-order valence-corrected chi connectivity index (χ2v) is 8.54. The Morgan fingerprint density at radius 1 is 0.719 bits per heavy atom. The van der Waals surface area contributed by atoms with Gasteiger partial charge in [0, 0.05) is 10.9 Å². The predicted octanol–water partition coefficient (Wildman–Crippen LogP) is 9.16. The lowest BCUT2D eigenvalue weighted by Gasteiger charge is -2.10. The number of rotatable bonds is 9. The molecule has 0 N–H and O–H groups in total. The first-order chi connectivity index (χ1) is 15.7. The topological polar surface area (TPSA) is 0 Å². The van der Waals surface area contributed by atoms with E-state index in [-0.39, 0.29) is 5.82 Å². The summed E-state index contributed by atoms with van der Waals surface area (Å²) in [5, 5.41) is 1.68. The summed E-state index contributed by atoms with van der Waals surface area (Å²) in [6.07, 6.45) is 8.66. The number of halogens is 1. The van der Waals surface area contributed by atoms with E-state index in [1.807, 2.05) is 36.4 Å². The van der Waals surface area contributed by atoms with Gasteiger partial charge < -0.3 is 0 Å². The number of unbranched alkanes of at least 4 members (excludes halogenated alkanes) is 2. The van der Waals surface area contributed by atoms with E-state index < -0.39 is 0 Å². The van der Waals surface area contributed by atoms with Gasteiger partial charge in [0.25, 0.3) is 0 Å². The molecule has 4 aromatic rings. The zero-order chi connectivity index (χ0) is 22.3. The Hall–Kier alpha value is -3.19. The molecular formula is C31H31F. The van der Waals surface area contributed by atoms with Crippen LogP contribution in [0.3, 0.4) is 0 Å². The van der Waals surface area contributed by atoms with E-state index in [9.17, 15) is 0 Å². The maximum atomic E-state index is 15.4. The van der Waals surface area contributed by atoms with E-state index in [2.05, 4.69) is 62.0 Å². The minimum absolute atomic E-state index is 0.137. The van der Waals surface area contributed by atoms with Crippen LogP contribution < -0.4 is 0 Å². The van der Waals surface area contributed by atoms with Crippen LogP contribution in [0.1, 0.15) is 43.7 Å². The van der Waals surface area contributed by atoms with Crippen molar-refractivity contribution in [3.8, 4) is 22.3 Å². The summed E-state index contributed by atoms with van der Waals surface area (Å²) in [7, 11) is 0. The number of benzene rings is 4. The third kappa shape index (κ3) is 4.99. The fourth-order valence-electron chi connectivity index (χ4n) is 4.27. The molecule has 0 radical (unpaired) electrons. The Morgan fingerprint density at radius 2 is 1.38 bits per heavy atom. The molecule has 0 unspecified atom stereocenters. The average molecular weight is 423 g/mol. The lowest BCUT2D eigenvalue weighted by atomic mass is 9.96. The van der Waals surface area contributed by atoms with Crippen molar-refractivity contribution < 1.29 is 4.39 Å². The Balaban J connectivity index is 1.55. The minimum Gasteiger partial charge on any atom is -0.206 e. The fraction of sp³-hybridized carbons (Fsp3) is 0.226. The van der Waals surface area contributed by atoms with Gasteiger partial charge in [-0.3, -0.25) is 0 Å². The summed E-state index contributed by atoms with van der Waals surface area (Å²) >= 11 is 0. The summed E-state index contributed by atoms with van der Waals surface area (Å²) in [6.45, 7) is 6.00. The van der Waals surface area contributed by atoms with Gasteiger partial charge in [-0.1, -0.05) is 105 Å². The lowest BCUT2D eigenvalue weighted by molar-refractivity contribution is 0.643. The highest BCUT2D eigenvalue weighted by atomic mass is 19.1. The molecule has 0 aromatic heterocycles. The predicted molar refractivity (Wildman–Crippen MR) is 137 cm³/mol. The molecule has 1 heteroatoms. The normalized spacial score (nSPS) is 11.1. The minimum atomic E-state index is -0.137. The van der Waals surface area contributed by atoms with Crippen molar-refractivity contribution in [3.05, 3.63) is 108 Å². The molecule has 0 fully saturated rings. The highest BCUT2D eigenvalue weighted by Crippen LogP contribution is 2.31. The zero-order valence-electron chi connectivity index (χ0n) is 18.9. The molecule has 0 amide bonds. The van der Waals surface area contributed by atoms with Crippen LogP contribution in [0, 0.1) is 5.82 Å². The molecule has 32 heavy (non-hydrogen) atoms. The van der Waals surface area contributed by atoms with E-state index in [4.69, 9.17) is 0 Å². The number of aryl methyl sites for hydroxylation is 2. The van der Waals surface area contributed by atoms with E-state index in [0.717, 1.165) is 35.8 Å². The molecule has 0 bridgehead atoms. The van der Waals surface area contributed by atoms with Crippen molar-refractivity contribution in [3.63, 3.8) is 0 Å². The monoisotopic (exact) mass is 422 g/mol. The molecule has 0 spiro atoms. The molecule has 0 heterocycles. The smallest absolute Gasteiger partial charge is 0.138 e. The average Bonchev–Trinajstić information content (AvgIpc) is 2.84. The molecule has 0 aliphatic rings. The second-order valence-electron chi connectivity index (χ2n) is 8.54. The Bertz CT molecular complexity index is 1180. The first-order valence-electron chi connectivity index (χ1n) is 11.7. The number of fused-ring (bicyclic) bond motifs is 1. The maximum Gasteiger partial charge on any atom is 0.138 e. The molecule has 0 atom stereocenters. The van der Waals surface area contributed by atoms with E-state index >= 15 is 4.39 Å². The van der Waals surface area contributed by atoms with Crippen molar-refractivity contribution in [1.29, 1.82) is 0 Å². The van der Waals surface area contributed by atoms with Crippen LogP contribution in [-0.4, -0.2) is 0 Å². The summed E-state index contributed by atoms with van der Waals surface area (Å²) in [5.74, 6) is -0.137. The fourth-order valence-corrected chi connectivity index (χ4v) is 4.27. The molecule has 0 saturated heterocycles. The summed E-state index contributed by atoms with van der Waals surface area (Å²) in [4.78, 5) is 0. The highest BCUT2D eigenvalue weighted by Gasteiger charge is 2.10. The number of hydrogen-bond donors (Lipinski definition) is 0. The van der Waals surface area contributed by atoms with Crippen LogP contribution in [0.25, 0.3) is 33.0 Å². The number of allylic oxidation sites excluding steroid dienone is 1. The van der Waals surface area contributed by atoms with Gasteiger partial charge in [-0.25, -0.2) is 4.39 Å². The van der Waals surface area contributed by atoms with E-state index in [1.165, 1.54) is 36.0 Å². The van der Waals surface area contributed by atoms with Crippen molar-refractivity contribution >= 4 is 10.8 Å². The van der Waals surface area contributed by atoms with Gasteiger partial charge in [0.15, 0.2) is 0 Å². The van der Waals surface area contributed by atoms with E-state index in [0.29, 0.717) is 10.9 Å². The van der Waals surface area contributed by atoms with Crippen molar-refractivity contribution in [2.24, 2.45) is 0 Å². The van der Waals surface area contributed by atoms with Gasteiger partial charge in [-0.15, -0.1) is 6.58 Å². The molecular weight excluding hydrogens is 391 g/mol. The van der Waals surface area contributed by atoms with Crippen LogP contribution >= 0.6 is 0 Å². The molecule has 0 aliphatic carbocycles. The van der Waals surface area contributed by atoms with E-state index in [1.54, 1.807) is 0 Å². The summed E-state index contributed by atoms with van der Waals surface area (Å²) in [6, 6.07) is 27.0. The van der Waals surface area contributed by atoms with Gasteiger partial charge in [0.2, 0.25) is 0 Å². The Morgan fingerprint density at radius 3 is 2.06 bits per heavy atom. The standard InChI is InChI=1S/C31H31F/c1-3-5-7-9-24-12-20-30-28(22-24)19-21-29(31(30)32)27-17-15-26(16-18-27)25-13-10-23(11-14-25)8-6-4-2/h4,10-22H,2-3,5-9H2,1H3. The SMILES string of the molecule is C=CCCc1ccc(-c2ccc(-c3ccc4cc(CCCCC)ccc4c3F)cc2)cc1. The Kier molecular flexibility index (Phi) is 7.17. The molecule has 0 aliphatic heterocycles. The summed E-state index contributed by atoms with van der Waals surface area (Å²) in [5.41, 5.74) is 6.48. The first kappa shape index (κ1) is 22.0. The van der Waals surface area contributed by atoms with Gasteiger partial charge >= 0.3 is 0 Å². The molecule has 4 rings (SSSR count). The van der Waals surface area contributed by atoms with Gasteiger partial charge in [-0.2, -0.15) is 0 Å². The van der Waals surface area contributed by atoms with Crippen molar-refractivity contribution in [1.82, 2.24) is 0 Å². The highest BCUT2D eigenvalue weighted by molar-refractivity contribution is 5.89. The molecule has 4 aromatic carbocycles. The van der Waals surface area contributed by atoms with Gasteiger partial charge in [-0.05, 0) is 58.9 Å². The largest absolute Gasteiger partial charge is 0.206 e. The molecule has 0 nitrogen and oxygen atoms in total. The first-order valence-corrected chi connectivity index (χ1v) is 11.7. The van der Waals surface area contributed by atoms with Crippen molar-refractivity contribution in [2.75, 3.05) is 0 Å². The third-order valence-electron chi connectivity index (χ3n) is 6.21. The van der Waals surface area contributed by atoms with Crippen LogP contribution in [-0.2, 0) is 12.8 Å². The lowest BCUT2D eigenvalue weighted by Crippen LogP contribution is -1.90. The zero-order valence-corrected chi connectivity index (χ0v) is 18.9. The second kappa shape index (κ2) is 10.4. The van der Waals surface area contributed by atoms with Crippen LogP contribution in [0.4, 0.5) is 4.39 Å². The summed E-state index contributed by atoms with van der Waals surface area (Å²) < 4.78 is 15.4. The van der Waals surface area contributed by atoms with Gasteiger partial charge in [0.05, 0.1) is 0 Å². The number of hydrogen-bond acceptors (Lipinski definition) is 0. The van der Waals surface area contributed by atoms with Gasteiger partial charge in [0.1, 0.15) is 5.82 Å². The van der Waals surface area contributed by atoms with Crippen LogP contribution in [0.2, 0.25) is 0 Å². The molecule has 0 saturated carbocycles.